The second-order valence-corrected chi connectivity index (χ2v) is 3.70. The summed E-state index contributed by atoms with van der Waals surface area (Å²) < 4.78 is 37.4. The van der Waals surface area contributed by atoms with Crippen LogP contribution in [0.2, 0.25) is 0 Å². The van der Waals surface area contributed by atoms with Gasteiger partial charge in [-0.05, 0) is 11.6 Å². The van der Waals surface area contributed by atoms with Crippen LogP contribution >= 0.6 is 0 Å². The number of rotatable bonds is 0. The molecule has 2 heterocycles. The first-order valence-electron chi connectivity index (χ1n) is 4.92. The standard InChI is InChI=1S/C11H4F3N3O/c12-11(13,14)10-16-4-6-5-1-2-15-3-7(5)9(18)8(6)17-10/h1-4H. The number of halogens is 3. The molecule has 2 aromatic rings. The summed E-state index contributed by atoms with van der Waals surface area (Å²) >= 11 is 0. The molecule has 18 heavy (non-hydrogen) atoms. The van der Waals surface area contributed by atoms with E-state index < -0.39 is 17.8 Å². The lowest BCUT2D eigenvalue weighted by Gasteiger charge is -2.05. The number of carbonyl (C=O) groups is 1. The number of aromatic nitrogens is 3. The van der Waals surface area contributed by atoms with Gasteiger partial charge in [-0.15, -0.1) is 0 Å². The Morgan fingerprint density at radius 3 is 2.56 bits per heavy atom. The van der Waals surface area contributed by atoms with Crippen LogP contribution in [0.4, 0.5) is 13.2 Å². The molecule has 1 aliphatic carbocycles. The zero-order chi connectivity index (χ0) is 12.9. The molecule has 3 rings (SSSR count). The number of hydrogen-bond donors (Lipinski definition) is 0. The first-order chi connectivity index (χ1) is 8.48. The fourth-order valence-corrected chi connectivity index (χ4v) is 1.83. The normalized spacial score (nSPS) is 13.4. The van der Waals surface area contributed by atoms with Crippen LogP contribution in [0.1, 0.15) is 21.9 Å². The molecule has 90 valence electrons. The second kappa shape index (κ2) is 3.34. The molecule has 0 aromatic carbocycles. The molecule has 0 aliphatic heterocycles. The third-order valence-electron chi connectivity index (χ3n) is 2.61. The number of nitrogens with zero attached hydrogens (tertiary/aromatic N) is 3. The van der Waals surface area contributed by atoms with Crippen LogP contribution in [0.15, 0.2) is 24.7 Å². The summed E-state index contributed by atoms with van der Waals surface area (Å²) in [6.45, 7) is 0. The van der Waals surface area contributed by atoms with E-state index in [9.17, 15) is 18.0 Å². The highest BCUT2D eigenvalue weighted by molar-refractivity contribution is 6.20. The van der Waals surface area contributed by atoms with Gasteiger partial charge in [0, 0.05) is 24.2 Å². The minimum atomic E-state index is -4.66. The molecule has 0 amide bonds. The zero-order valence-corrected chi connectivity index (χ0v) is 8.69. The van der Waals surface area contributed by atoms with Crippen molar-refractivity contribution in [2.75, 3.05) is 0 Å². The van der Waals surface area contributed by atoms with Gasteiger partial charge in [-0.25, -0.2) is 9.97 Å². The Bertz CT molecular complexity index is 667. The fraction of sp³-hybridized carbons (Fsp3) is 0.0909. The van der Waals surface area contributed by atoms with E-state index in [2.05, 4.69) is 15.0 Å². The third kappa shape index (κ3) is 1.40. The van der Waals surface area contributed by atoms with Crippen LogP contribution in [0.25, 0.3) is 11.1 Å². The molecule has 2 aromatic heterocycles. The molecular formula is C11H4F3N3O. The first-order valence-corrected chi connectivity index (χ1v) is 4.92. The van der Waals surface area contributed by atoms with E-state index >= 15 is 0 Å². The van der Waals surface area contributed by atoms with Crippen LogP contribution in [-0.2, 0) is 6.18 Å². The molecule has 7 heteroatoms. The van der Waals surface area contributed by atoms with Crippen molar-refractivity contribution in [1.82, 2.24) is 15.0 Å². The largest absolute Gasteiger partial charge is 0.451 e. The molecule has 0 bridgehead atoms. The van der Waals surface area contributed by atoms with Crippen molar-refractivity contribution in [2.45, 2.75) is 6.18 Å². The Kier molecular flexibility index (Phi) is 2.01. The summed E-state index contributed by atoms with van der Waals surface area (Å²) in [5.41, 5.74) is 0.852. The average molecular weight is 251 g/mol. The van der Waals surface area contributed by atoms with E-state index in [1.807, 2.05) is 0 Å². The maximum atomic E-state index is 12.5. The number of ketones is 1. The van der Waals surface area contributed by atoms with Gasteiger partial charge in [0.05, 0.1) is 5.56 Å². The van der Waals surface area contributed by atoms with Crippen molar-refractivity contribution in [2.24, 2.45) is 0 Å². The summed E-state index contributed by atoms with van der Waals surface area (Å²) in [5.74, 6) is -1.86. The maximum absolute atomic E-state index is 12.5. The molecule has 0 radical (unpaired) electrons. The predicted octanol–water partition coefficient (Wildman–Crippen LogP) is 2.10. The minimum absolute atomic E-state index is 0.222. The zero-order valence-electron chi connectivity index (χ0n) is 8.69. The molecule has 0 saturated carbocycles. The Morgan fingerprint density at radius 1 is 1.06 bits per heavy atom. The number of fused-ring (bicyclic) bond motifs is 3. The van der Waals surface area contributed by atoms with Crippen molar-refractivity contribution < 1.29 is 18.0 Å². The van der Waals surface area contributed by atoms with Crippen molar-refractivity contribution in [3.05, 3.63) is 41.7 Å². The summed E-state index contributed by atoms with van der Waals surface area (Å²) in [4.78, 5) is 22.2. The van der Waals surface area contributed by atoms with Crippen LogP contribution in [-0.4, -0.2) is 20.7 Å². The molecule has 0 saturated heterocycles. The average Bonchev–Trinajstić information content (AvgIpc) is 2.63. The minimum Gasteiger partial charge on any atom is -0.287 e. The van der Waals surface area contributed by atoms with Gasteiger partial charge in [0.25, 0.3) is 0 Å². The SMILES string of the molecule is O=C1c2cnccc2-c2cnc(C(F)(F)F)nc21. The van der Waals surface area contributed by atoms with E-state index in [1.165, 1.54) is 12.4 Å². The van der Waals surface area contributed by atoms with Crippen LogP contribution in [0.5, 0.6) is 0 Å². The highest BCUT2D eigenvalue weighted by Gasteiger charge is 2.38. The Hall–Kier alpha value is -2.31. The number of carbonyl (C=O) groups excluding carboxylic acids is 1. The fourth-order valence-electron chi connectivity index (χ4n) is 1.83. The van der Waals surface area contributed by atoms with Crippen molar-refractivity contribution in [1.29, 1.82) is 0 Å². The monoisotopic (exact) mass is 251 g/mol. The van der Waals surface area contributed by atoms with E-state index in [0.717, 1.165) is 6.20 Å². The number of hydrogen-bond acceptors (Lipinski definition) is 4. The van der Waals surface area contributed by atoms with Crippen molar-refractivity contribution in [3.8, 4) is 11.1 Å². The quantitative estimate of drug-likeness (QED) is 0.614. The van der Waals surface area contributed by atoms with Crippen LogP contribution in [0, 0.1) is 0 Å². The maximum Gasteiger partial charge on any atom is 0.451 e. The molecule has 0 unspecified atom stereocenters. The van der Waals surface area contributed by atoms with Gasteiger partial charge in [0.15, 0.2) is 0 Å². The van der Waals surface area contributed by atoms with Gasteiger partial charge >= 0.3 is 6.18 Å². The lowest BCUT2D eigenvalue weighted by atomic mass is 10.1. The highest BCUT2D eigenvalue weighted by Crippen LogP contribution is 2.36. The van der Waals surface area contributed by atoms with Crippen LogP contribution in [0.3, 0.4) is 0 Å². The summed E-state index contributed by atoms with van der Waals surface area (Å²) in [5, 5.41) is 0. The lowest BCUT2D eigenvalue weighted by Crippen LogP contribution is -2.13. The Morgan fingerprint density at radius 2 is 1.83 bits per heavy atom. The summed E-state index contributed by atoms with van der Waals surface area (Å²) in [7, 11) is 0. The van der Waals surface area contributed by atoms with Crippen molar-refractivity contribution in [3.63, 3.8) is 0 Å². The first kappa shape index (κ1) is 10.8. The topological polar surface area (TPSA) is 55.7 Å². The molecule has 0 spiro atoms. The summed E-state index contributed by atoms with van der Waals surface area (Å²) in [6, 6.07) is 1.55. The number of pyridine rings is 1. The molecule has 0 N–H and O–H groups in total. The summed E-state index contributed by atoms with van der Waals surface area (Å²) in [6.07, 6.45) is -0.872. The van der Waals surface area contributed by atoms with Gasteiger partial charge < -0.3 is 0 Å². The Balaban J connectivity index is 2.23. The molecular weight excluding hydrogens is 247 g/mol. The van der Waals surface area contributed by atoms with Crippen molar-refractivity contribution >= 4 is 5.78 Å². The molecule has 1 aliphatic rings. The van der Waals surface area contributed by atoms with E-state index in [0.29, 0.717) is 11.1 Å². The smallest absolute Gasteiger partial charge is 0.287 e. The second-order valence-electron chi connectivity index (χ2n) is 3.70. The molecule has 0 atom stereocenters. The lowest BCUT2D eigenvalue weighted by molar-refractivity contribution is -0.145. The molecule has 0 fully saturated rings. The van der Waals surface area contributed by atoms with Gasteiger partial charge in [-0.1, -0.05) is 0 Å². The van der Waals surface area contributed by atoms with Gasteiger partial charge in [-0.2, -0.15) is 13.2 Å². The van der Waals surface area contributed by atoms with Crippen LogP contribution < -0.4 is 0 Å². The van der Waals surface area contributed by atoms with E-state index in [-0.39, 0.29) is 11.3 Å². The predicted molar refractivity (Wildman–Crippen MR) is 53.7 cm³/mol. The van der Waals surface area contributed by atoms with Gasteiger partial charge in [-0.3, -0.25) is 9.78 Å². The van der Waals surface area contributed by atoms with Gasteiger partial charge in [0.1, 0.15) is 5.69 Å². The highest BCUT2D eigenvalue weighted by atomic mass is 19.4. The third-order valence-corrected chi connectivity index (χ3v) is 2.61. The van der Waals surface area contributed by atoms with E-state index in [1.54, 1.807) is 6.07 Å². The van der Waals surface area contributed by atoms with Gasteiger partial charge in [0.2, 0.25) is 11.6 Å². The Labute approximate surface area is 98.5 Å². The number of alkyl halides is 3. The molecule has 4 nitrogen and oxygen atoms in total. The van der Waals surface area contributed by atoms with E-state index in [4.69, 9.17) is 0 Å².